The summed E-state index contributed by atoms with van der Waals surface area (Å²) in [5.41, 5.74) is 3.48. The zero-order chi connectivity index (χ0) is 58.7. The van der Waals surface area contributed by atoms with E-state index in [9.17, 15) is 0 Å². The normalized spacial score (nSPS) is 30.2. The first-order valence-corrected chi connectivity index (χ1v) is 33.3. The molecule has 8 fully saturated rings. The van der Waals surface area contributed by atoms with Crippen LogP contribution in [0.15, 0.2) is 0 Å². The van der Waals surface area contributed by atoms with Gasteiger partial charge in [0.1, 0.15) is 0 Å². The van der Waals surface area contributed by atoms with Gasteiger partial charge >= 0.3 is 0 Å². The van der Waals surface area contributed by atoms with Crippen molar-refractivity contribution in [1.29, 1.82) is 0 Å². The molecule has 0 radical (unpaired) electrons. The smallest absolute Gasteiger partial charge is 0.0297 e. The largest absolute Gasteiger partial charge is 0.0651 e. The average molecular weight is 1040 g/mol. The maximum atomic E-state index is 2.44. The van der Waals surface area contributed by atoms with Crippen molar-refractivity contribution in [2.75, 3.05) is 0 Å². The highest BCUT2D eigenvalue weighted by Crippen LogP contribution is 2.60. The Morgan fingerprint density at radius 2 is 0.838 bits per heavy atom. The van der Waals surface area contributed by atoms with Crippen molar-refractivity contribution in [3.63, 3.8) is 0 Å². The zero-order valence-electron chi connectivity index (χ0n) is 58.7. The molecule has 0 aromatic rings. The molecule has 8 atom stereocenters. The van der Waals surface area contributed by atoms with Crippen LogP contribution in [0.5, 0.6) is 0 Å². The fraction of sp³-hybridized carbons (Fsp3) is 1.00. The van der Waals surface area contributed by atoms with E-state index in [2.05, 4.69) is 235 Å². The van der Waals surface area contributed by atoms with E-state index < -0.39 is 0 Å². The Kier molecular flexibility index (Phi) is 34.6. The summed E-state index contributed by atoms with van der Waals surface area (Å²) in [4.78, 5) is 0. The predicted octanol–water partition coefficient (Wildman–Crippen LogP) is 25.9. The van der Waals surface area contributed by atoms with Crippen LogP contribution in [0, 0.1) is 139 Å². The minimum absolute atomic E-state index is 0.437. The average Bonchev–Trinajstić information content (AvgIpc) is 4.04. The first kappa shape index (κ1) is 76.1. The Hall–Kier alpha value is 0. The van der Waals surface area contributed by atoms with Crippen LogP contribution < -0.4 is 0 Å². The molecule has 0 heteroatoms. The van der Waals surface area contributed by atoms with Gasteiger partial charge in [0, 0.05) is 0 Å². The molecule has 8 rings (SSSR count). The van der Waals surface area contributed by atoms with Crippen molar-refractivity contribution >= 4 is 0 Å². The molecule has 8 aliphatic rings. The van der Waals surface area contributed by atoms with Crippen molar-refractivity contribution in [2.45, 2.75) is 338 Å². The van der Waals surface area contributed by atoms with Crippen LogP contribution >= 0.6 is 0 Å². The minimum Gasteiger partial charge on any atom is -0.0651 e. The Labute approximate surface area is 474 Å². The summed E-state index contributed by atoms with van der Waals surface area (Å²) in [5.74, 6) is 18.0. The van der Waals surface area contributed by atoms with E-state index in [0.29, 0.717) is 27.1 Å². The molecular weight excluding hydrogens is 889 g/mol. The van der Waals surface area contributed by atoms with Gasteiger partial charge in [-0.05, 0) is 222 Å². The van der Waals surface area contributed by atoms with Crippen LogP contribution in [-0.2, 0) is 0 Å². The first-order valence-electron chi connectivity index (χ1n) is 33.3. The van der Waals surface area contributed by atoms with E-state index >= 15 is 0 Å². The van der Waals surface area contributed by atoms with Gasteiger partial charge in [0.15, 0.2) is 0 Å². The van der Waals surface area contributed by atoms with Crippen LogP contribution in [0.3, 0.4) is 0 Å². The van der Waals surface area contributed by atoms with Gasteiger partial charge < -0.3 is 0 Å². The number of hydrogen-bond acceptors (Lipinski definition) is 0. The highest BCUT2D eigenvalue weighted by Gasteiger charge is 2.49. The van der Waals surface area contributed by atoms with Gasteiger partial charge in [-0.2, -0.15) is 0 Å². The summed E-state index contributed by atoms with van der Waals surface area (Å²) in [6, 6.07) is 0. The van der Waals surface area contributed by atoms with Gasteiger partial charge in [0.25, 0.3) is 0 Å². The van der Waals surface area contributed by atoms with Gasteiger partial charge in [0.2, 0.25) is 0 Å². The standard InChI is InChI=1S/4C8H18.2C7H12.4C7H14/c1-7(2,3)8(4,5)6;1-6-7(2)8(3,4)5;1-6-8(4,5)7(2)3;1-6(2)8(5)7(3)4;1-7(4-5-7)6-2-3-6;1-5-4-7(5)6-2-3-6;1-6-4-7(2,3)5-6;2*1-5-4-6(2)7(5)3;1-3-7-4-6(2)5-7/h1-6H3;2*7H,6H2,1-5H3;6-8H,1-5H3;6H,2-5H2,1H3;5-7H,2-4H2,1H3;6H,4-5H2,1-3H3;2*5-7H,4H2,1-3H3;6-7H,3-5H2,1-2H3/t;;;;;5-,7?;;5-,6?,7?;;/m.....0.0../s1. The molecule has 8 aliphatic carbocycles. The van der Waals surface area contributed by atoms with Crippen molar-refractivity contribution in [3.05, 3.63) is 0 Å². The monoisotopic (exact) mass is 1040 g/mol. The second-order valence-corrected chi connectivity index (χ2v) is 34.3. The molecule has 74 heavy (non-hydrogen) atoms. The second kappa shape index (κ2) is 33.7. The summed E-state index contributed by atoms with van der Waals surface area (Å²) in [6.45, 7) is 78.4. The Morgan fingerprint density at radius 1 is 0.473 bits per heavy atom. The highest BCUT2D eigenvalue weighted by atomic mass is 14.5. The fourth-order valence-corrected chi connectivity index (χ4v) is 10.7. The summed E-state index contributed by atoms with van der Waals surface area (Å²) in [6.07, 6.45) is 23.5. The second-order valence-electron chi connectivity index (χ2n) is 34.3. The molecule has 6 unspecified atom stereocenters. The lowest BCUT2D eigenvalue weighted by atomic mass is 9.65. The molecular formula is C74H152. The van der Waals surface area contributed by atoms with Crippen molar-refractivity contribution in [1.82, 2.24) is 0 Å². The van der Waals surface area contributed by atoms with Gasteiger partial charge in [-0.1, -0.05) is 255 Å². The molecule has 448 valence electrons. The number of rotatable bonds is 8. The summed E-state index contributed by atoms with van der Waals surface area (Å²) in [5, 5.41) is 0. The van der Waals surface area contributed by atoms with Gasteiger partial charge in [-0.25, -0.2) is 0 Å². The van der Waals surface area contributed by atoms with E-state index in [1.54, 1.807) is 19.3 Å². The van der Waals surface area contributed by atoms with Crippen LogP contribution in [0.2, 0.25) is 0 Å². The fourth-order valence-electron chi connectivity index (χ4n) is 10.7. The van der Waals surface area contributed by atoms with E-state index in [1.807, 2.05) is 0 Å². The van der Waals surface area contributed by atoms with Crippen LogP contribution in [0.1, 0.15) is 338 Å². The molecule has 0 aromatic heterocycles. The molecule has 0 nitrogen and oxygen atoms in total. The Morgan fingerprint density at radius 3 is 0.878 bits per heavy atom. The molecule has 0 heterocycles. The van der Waals surface area contributed by atoms with Gasteiger partial charge in [0.05, 0.1) is 0 Å². The quantitative estimate of drug-likeness (QED) is 0.227. The van der Waals surface area contributed by atoms with Crippen LogP contribution in [0.4, 0.5) is 0 Å². The molecule has 8 saturated carbocycles. The maximum absolute atomic E-state index is 2.44. The highest BCUT2D eigenvalue weighted by molar-refractivity contribution is 5.00. The third kappa shape index (κ3) is 32.9. The van der Waals surface area contributed by atoms with E-state index in [-0.39, 0.29) is 0 Å². The lowest BCUT2D eigenvalue weighted by Crippen LogP contribution is -2.29. The molecule has 0 aliphatic heterocycles. The van der Waals surface area contributed by atoms with Gasteiger partial charge in [-0.3, -0.25) is 0 Å². The van der Waals surface area contributed by atoms with Crippen molar-refractivity contribution in [3.8, 4) is 0 Å². The van der Waals surface area contributed by atoms with E-state index in [1.165, 1.54) is 95.3 Å². The van der Waals surface area contributed by atoms with Crippen molar-refractivity contribution in [2.24, 2.45) is 139 Å². The Balaban J connectivity index is 0. The molecule has 0 spiro atoms. The molecule has 0 saturated heterocycles. The van der Waals surface area contributed by atoms with Crippen LogP contribution in [-0.4, -0.2) is 0 Å². The summed E-state index contributed by atoms with van der Waals surface area (Å²) >= 11 is 0. The number of hydrogen-bond donors (Lipinski definition) is 0. The summed E-state index contributed by atoms with van der Waals surface area (Å²) in [7, 11) is 0. The third-order valence-electron chi connectivity index (χ3n) is 22.8. The lowest BCUT2D eigenvalue weighted by Gasteiger charge is -2.40. The molecule has 0 aromatic carbocycles. The zero-order valence-corrected chi connectivity index (χ0v) is 58.7. The molecule has 0 N–H and O–H groups in total. The lowest BCUT2D eigenvalue weighted by molar-refractivity contribution is 0.111. The summed E-state index contributed by atoms with van der Waals surface area (Å²) < 4.78 is 0. The van der Waals surface area contributed by atoms with E-state index in [0.717, 1.165) is 100 Å². The topological polar surface area (TPSA) is 0 Å². The van der Waals surface area contributed by atoms with E-state index in [4.69, 9.17) is 0 Å². The van der Waals surface area contributed by atoms with Gasteiger partial charge in [-0.15, -0.1) is 0 Å². The molecule has 0 amide bonds. The Bertz CT molecular complexity index is 1300. The minimum atomic E-state index is 0.437. The molecule has 0 bridgehead atoms. The SMILES string of the molecule is CC(C)(C)C(C)(C)C.CC(C)C(C)C(C)C.CC1(C2CC2)CC1.CC1CC(C)(C)C1.CC1CC(C)C1C.CC1C[C@H](C)C1C.CCC(C)(C)C(C)C.CCC(C)C(C)(C)C.CCC1CC(C)C1.C[C@H]1CC1C1CC1. The van der Waals surface area contributed by atoms with Crippen molar-refractivity contribution < 1.29 is 0 Å². The van der Waals surface area contributed by atoms with Crippen LogP contribution in [0.25, 0.3) is 0 Å². The maximum Gasteiger partial charge on any atom is -0.0297 e. The first-order chi connectivity index (χ1) is 33.3. The third-order valence-corrected chi connectivity index (χ3v) is 22.8. The predicted molar refractivity (Wildman–Crippen MR) is 344 cm³/mol.